The summed E-state index contributed by atoms with van der Waals surface area (Å²) in [7, 11) is 0. The Kier molecular flexibility index (Phi) is 5.36. The second-order valence-corrected chi connectivity index (χ2v) is 6.69. The Hall–Kier alpha value is -2.37. The van der Waals surface area contributed by atoms with Gasteiger partial charge in [-0.15, -0.1) is 0 Å². The number of nitrogens with one attached hydrogen (secondary N) is 3. The Labute approximate surface area is 148 Å². The fraction of sp³-hybridized carbons (Fsp3) is 0.474. The molecule has 1 aromatic rings. The maximum atomic E-state index is 12.8. The highest BCUT2D eigenvalue weighted by atomic mass is 19.1. The second kappa shape index (κ2) is 7.68. The van der Waals surface area contributed by atoms with E-state index in [9.17, 15) is 4.39 Å². The number of rotatable bonds is 6. The summed E-state index contributed by atoms with van der Waals surface area (Å²) < 4.78 is 12.8. The van der Waals surface area contributed by atoms with Crippen molar-refractivity contribution in [1.29, 1.82) is 0 Å². The van der Waals surface area contributed by atoms with Crippen molar-refractivity contribution in [3.05, 3.63) is 53.3 Å². The normalized spacial score (nSPS) is 26.1. The molecule has 0 amide bonds. The van der Waals surface area contributed by atoms with Gasteiger partial charge in [-0.05, 0) is 43.9 Å². The molecule has 0 saturated carbocycles. The van der Waals surface area contributed by atoms with Crippen LogP contribution >= 0.6 is 0 Å². The molecule has 6 heteroatoms. The maximum Gasteiger partial charge on any atom is 0.0848 e. The lowest BCUT2D eigenvalue weighted by molar-refractivity contribution is 0.578. The monoisotopic (exact) mass is 343 g/mol. The van der Waals surface area contributed by atoms with Crippen LogP contribution in [0.5, 0.6) is 0 Å². The first-order valence-corrected chi connectivity index (χ1v) is 8.89. The number of H-pyrrole nitrogens is 1. The second-order valence-electron chi connectivity index (χ2n) is 6.69. The third kappa shape index (κ3) is 3.52. The zero-order valence-electron chi connectivity index (χ0n) is 15.0. The smallest absolute Gasteiger partial charge is 0.0848 e. The van der Waals surface area contributed by atoms with Crippen molar-refractivity contribution in [2.24, 2.45) is 11.0 Å². The van der Waals surface area contributed by atoms with Gasteiger partial charge in [-0.1, -0.05) is 19.4 Å². The van der Waals surface area contributed by atoms with E-state index in [0.717, 1.165) is 36.2 Å². The van der Waals surface area contributed by atoms with Gasteiger partial charge in [0.05, 0.1) is 30.5 Å². The van der Waals surface area contributed by atoms with Crippen LogP contribution in [0, 0.1) is 12.8 Å². The molecular weight excluding hydrogens is 317 g/mol. The maximum absolute atomic E-state index is 12.8. The van der Waals surface area contributed by atoms with Crippen molar-refractivity contribution in [2.45, 2.75) is 52.1 Å². The lowest BCUT2D eigenvalue weighted by atomic mass is 9.81. The van der Waals surface area contributed by atoms with E-state index in [4.69, 9.17) is 0 Å². The molecule has 25 heavy (non-hydrogen) atoms. The van der Waals surface area contributed by atoms with Crippen molar-refractivity contribution in [3.8, 4) is 0 Å². The van der Waals surface area contributed by atoms with E-state index in [1.807, 2.05) is 20.0 Å². The molecule has 3 rings (SSSR count). The van der Waals surface area contributed by atoms with E-state index in [1.165, 1.54) is 17.2 Å². The summed E-state index contributed by atoms with van der Waals surface area (Å²) in [6.07, 6.45) is 11.6. The van der Waals surface area contributed by atoms with E-state index >= 15 is 0 Å². The van der Waals surface area contributed by atoms with Crippen molar-refractivity contribution in [2.75, 3.05) is 0 Å². The van der Waals surface area contributed by atoms with Gasteiger partial charge in [0, 0.05) is 23.2 Å². The van der Waals surface area contributed by atoms with Crippen molar-refractivity contribution in [3.63, 3.8) is 0 Å². The topological polar surface area (TPSA) is 65.1 Å². The Morgan fingerprint density at radius 3 is 2.84 bits per heavy atom. The largest absolute Gasteiger partial charge is 0.380 e. The van der Waals surface area contributed by atoms with Crippen LogP contribution in [-0.2, 0) is 0 Å². The van der Waals surface area contributed by atoms with Crippen LogP contribution in [0.4, 0.5) is 4.39 Å². The minimum Gasteiger partial charge on any atom is -0.380 e. The highest BCUT2D eigenvalue weighted by molar-refractivity contribution is 5.90. The van der Waals surface area contributed by atoms with E-state index < -0.39 is 0 Å². The summed E-state index contributed by atoms with van der Waals surface area (Å²) in [5.74, 6) is 0.0500. The Morgan fingerprint density at radius 1 is 1.32 bits per heavy atom. The number of hydrogen-bond donors (Lipinski definition) is 3. The van der Waals surface area contributed by atoms with Gasteiger partial charge >= 0.3 is 0 Å². The lowest BCUT2D eigenvalue weighted by Gasteiger charge is -2.29. The van der Waals surface area contributed by atoms with Gasteiger partial charge < -0.3 is 10.7 Å². The fourth-order valence-corrected chi connectivity index (χ4v) is 3.59. The third-order valence-corrected chi connectivity index (χ3v) is 4.97. The van der Waals surface area contributed by atoms with Gasteiger partial charge in [0.25, 0.3) is 0 Å². The molecule has 3 heterocycles. The molecule has 5 nitrogen and oxygen atoms in total. The summed E-state index contributed by atoms with van der Waals surface area (Å²) in [5.41, 5.74) is 8.74. The average molecular weight is 343 g/mol. The van der Waals surface area contributed by atoms with Gasteiger partial charge in [-0.3, -0.25) is 5.10 Å². The summed E-state index contributed by atoms with van der Waals surface area (Å²) in [6, 6.07) is -0.0357. The number of allylic oxidation sites excluding steroid dienone is 1. The van der Waals surface area contributed by atoms with Gasteiger partial charge in [0.1, 0.15) is 0 Å². The molecule has 0 aromatic carbocycles. The molecule has 0 radical (unpaired) electrons. The number of nitrogens with zero attached hydrogens (tertiary/aromatic N) is 2. The van der Waals surface area contributed by atoms with Crippen LogP contribution in [0.1, 0.15) is 50.4 Å². The van der Waals surface area contributed by atoms with E-state index in [0.29, 0.717) is 6.33 Å². The average Bonchev–Trinajstić information content (AvgIpc) is 3.19. The SMILES string of the molecule is CCCCC1=CC(c2cn[nH]c2C)NC=C1C1C(C)=NNC1/C=C/F. The minimum absolute atomic E-state index is 0.0500. The molecule has 0 aliphatic carbocycles. The molecule has 0 saturated heterocycles. The number of hydrazone groups is 1. The zero-order chi connectivity index (χ0) is 17.8. The zero-order valence-corrected chi connectivity index (χ0v) is 15.0. The Balaban J connectivity index is 1.91. The number of aromatic nitrogens is 2. The molecule has 0 bridgehead atoms. The van der Waals surface area contributed by atoms with Crippen LogP contribution in [-0.4, -0.2) is 22.0 Å². The molecule has 3 atom stereocenters. The number of dihydropyridines is 1. The quantitative estimate of drug-likeness (QED) is 0.736. The minimum atomic E-state index is -0.143. The number of halogens is 1. The third-order valence-electron chi connectivity index (χ3n) is 4.97. The van der Waals surface area contributed by atoms with Crippen molar-refractivity contribution >= 4 is 5.71 Å². The fourth-order valence-electron chi connectivity index (χ4n) is 3.59. The van der Waals surface area contributed by atoms with Crippen LogP contribution < -0.4 is 10.7 Å². The van der Waals surface area contributed by atoms with Crippen LogP contribution in [0.15, 0.2) is 47.1 Å². The first-order chi connectivity index (χ1) is 12.2. The first-order valence-electron chi connectivity index (χ1n) is 8.89. The van der Waals surface area contributed by atoms with Gasteiger partial charge in [0.2, 0.25) is 0 Å². The van der Waals surface area contributed by atoms with Crippen molar-refractivity contribution < 1.29 is 4.39 Å². The predicted octanol–water partition coefficient (Wildman–Crippen LogP) is 3.81. The van der Waals surface area contributed by atoms with Gasteiger partial charge in [0.15, 0.2) is 0 Å². The summed E-state index contributed by atoms with van der Waals surface area (Å²) in [5, 5.41) is 14.9. The number of hydrogen-bond acceptors (Lipinski definition) is 4. The number of unbranched alkanes of at least 4 members (excludes halogenated alkanes) is 1. The molecular formula is C19H26FN5. The molecule has 3 N–H and O–H groups in total. The van der Waals surface area contributed by atoms with Gasteiger partial charge in [-0.2, -0.15) is 10.2 Å². The van der Waals surface area contributed by atoms with E-state index in [-0.39, 0.29) is 18.0 Å². The van der Waals surface area contributed by atoms with Crippen molar-refractivity contribution in [1.82, 2.24) is 20.9 Å². The molecule has 2 aliphatic rings. The van der Waals surface area contributed by atoms with Crippen LogP contribution in [0.2, 0.25) is 0 Å². The standard InChI is InChI=1S/C19H26FN5/c1-4-5-6-14-9-18(15-11-22-23-12(15)2)21-10-16(14)19-13(3)24-25-17(19)7-8-20/h7-11,17-19,21,25H,4-6H2,1-3H3,(H,22,23)/b8-7+. The Morgan fingerprint density at radius 2 is 2.16 bits per heavy atom. The molecule has 134 valence electrons. The number of aryl methyl sites for hydroxylation is 1. The lowest BCUT2D eigenvalue weighted by Crippen LogP contribution is -2.32. The van der Waals surface area contributed by atoms with E-state index in [2.05, 4.69) is 45.2 Å². The highest BCUT2D eigenvalue weighted by Gasteiger charge is 2.33. The Bertz CT molecular complexity index is 728. The van der Waals surface area contributed by atoms with E-state index in [1.54, 1.807) is 0 Å². The van der Waals surface area contributed by atoms with Crippen LogP contribution in [0.25, 0.3) is 0 Å². The summed E-state index contributed by atoms with van der Waals surface area (Å²) in [6.45, 7) is 6.22. The highest BCUT2D eigenvalue weighted by Crippen LogP contribution is 2.35. The molecule has 3 unspecified atom stereocenters. The predicted molar refractivity (Wildman–Crippen MR) is 98.7 cm³/mol. The summed E-state index contributed by atoms with van der Waals surface area (Å²) >= 11 is 0. The molecule has 2 aliphatic heterocycles. The molecule has 0 spiro atoms. The molecule has 1 aromatic heterocycles. The van der Waals surface area contributed by atoms with Gasteiger partial charge in [-0.25, -0.2) is 4.39 Å². The first kappa shape index (κ1) is 17.5. The number of aromatic amines is 1. The summed E-state index contributed by atoms with van der Waals surface area (Å²) in [4.78, 5) is 0. The molecule has 0 fully saturated rings. The van der Waals surface area contributed by atoms with Crippen LogP contribution in [0.3, 0.4) is 0 Å².